The summed E-state index contributed by atoms with van der Waals surface area (Å²) in [6.45, 7) is 4.14. The van der Waals surface area contributed by atoms with Crippen LogP contribution in [-0.4, -0.2) is 30.4 Å². The summed E-state index contributed by atoms with van der Waals surface area (Å²) in [6, 6.07) is 41.2. The quantitative estimate of drug-likeness (QED) is 0.186. The molecule has 1 aliphatic heterocycles. The van der Waals surface area contributed by atoms with Gasteiger partial charge in [-0.1, -0.05) is 128 Å². The lowest BCUT2D eigenvalue weighted by molar-refractivity contribution is -0.224. The Labute approximate surface area is 236 Å². The van der Waals surface area contributed by atoms with E-state index in [1.807, 2.05) is 60.7 Å². The maximum atomic E-state index is 6.76. The molecule has 39 heavy (non-hydrogen) atoms. The molecule has 1 heterocycles. The zero-order valence-electron chi connectivity index (χ0n) is 22.3. The summed E-state index contributed by atoms with van der Waals surface area (Å²) in [5.74, 6) is 0.0880. The monoisotopic (exact) mass is 540 g/mol. The van der Waals surface area contributed by atoms with Crippen LogP contribution in [0.4, 0.5) is 0 Å². The predicted molar refractivity (Wildman–Crippen MR) is 156 cm³/mol. The lowest BCUT2D eigenvalue weighted by Gasteiger charge is -2.45. The summed E-state index contributed by atoms with van der Waals surface area (Å²) in [4.78, 5) is 1.17. The summed E-state index contributed by atoms with van der Waals surface area (Å²) >= 11 is 1.73. The fourth-order valence-electron chi connectivity index (χ4n) is 4.79. The predicted octanol–water partition coefficient (Wildman–Crippen LogP) is 7.53. The first-order chi connectivity index (χ1) is 19.3. The molecule has 0 radical (unpaired) electrons. The molecule has 0 N–H and O–H groups in total. The van der Waals surface area contributed by atoms with Gasteiger partial charge in [0, 0.05) is 10.8 Å². The van der Waals surface area contributed by atoms with Crippen LogP contribution in [0.1, 0.15) is 23.6 Å². The molecular weight excluding hydrogens is 504 g/mol. The second kappa shape index (κ2) is 14.5. The van der Waals surface area contributed by atoms with E-state index >= 15 is 0 Å². The van der Waals surface area contributed by atoms with Crippen LogP contribution < -0.4 is 0 Å². The highest BCUT2D eigenvalue weighted by atomic mass is 32.2. The molecule has 4 nitrogen and oxygen atoms in total. The summed E-state index contributed by atoms with van der Waals surface area (Å²) in [5.41, 5.74) is 3.30. The van der Waals surface area contributed by atoms with Crippen molar-refractivity contribution in [2.45, 2.75) is 55.4 Å². The van der Waals surface area contributed by atoms with Crippen molar-refractivity contribution in [3.63, 3.8) is 0 Å². The van der Waals surface area contributed by atoms with E-state index in [0.717, 1.165) is 16.7 Å². The van der Waals surface area contributed by atoms with Crippen molar-refractivity contribution in [3.05, 3.63) is 138 Å². The molecule has 0 amide bonds. The average molecular weight is 541 g/mol. The van der Waals surface area contributed by atoms with E-state index in [4.69, 9.17) is 18.9 Å². The topological polar surface area (TPSA) is 36.9 Å². The number of rotatable bonds is 12. The van der Waals surface area contributed by atoms with Gasteiger partial charge in [0.1, 0.15) is 17.6 Å². The smallest absolute Gasteiger partial charge is 0.113 e. The van der Waals surface area contributed by atoms with Crippen molar-refractivity contribution < 1.29 is 18.9 Å². The van der Waals surface area contributed by atoms with Gasteiger partial charge >= 0.3 is 0 Å². The molecule has 0 aromatic heterocycles. The Morgan fingerprint density at radius 2 is 1.05 bits per heavy atom. The number of benzene rings is 4. The minimum atomic E-state index is -0.285. The average Bonchev–Trinajstić information content (AvgIpc) is 2.99. The van der Waals surface area contributed by atoms with Crippen molar-refractivity contribution in [1.82, 2.24) is 0 Å². The Balaban J connectivity index is 1.37. The molecule has 0 bridgehead atoms. The van der Waals surface area contributed by atoms with Crippen LogP contribution in [0.25, 0.3) is 0 Å². The third-order valence-electron chi connectivity index (χ3n) is 6.91. The van der Waals surface area contributed by atoms with E-state index in [1.165, 1.54) is 4.90 Å². The van der Waals surface area contributed by atoms with Gasteiger partial charge < -0.3 is 18.9 Å². The number of hydrogen-bond donors (Lipinski definition) is 0. The van der Waals surface area contributed by atoms with Gasteiger partial charge in [0.2, 0.25) is 0 Å². The van der Waals surface area contributed by atoms with Crippen LogP contribution >= 0.6 is 11.8 Å². The van der Waals surface area contributed by atoms with Gasteiger partial charge in [-0.3, -0.25) is 0 Å². The summed E-state index contributed by atoms with van der Waals surface area (Å²) in [7, 11) is 0. The zero-order valence-corrected chi connectivity index (χ0v) is 23.1. The summed E-state index contributed by atoms with van der Waals surface area (Å²) in [5, 5.41) is 0. The first kappa shape index (κ1) is 27.6. The van der Waals surface area contributed by atoms with Gasteiger partial charge in [-0.05, 0) is 28.8 Å². The third-order valence-corrected chi connectivity index (χ3v) is 8.22. The number of thioether (sulfide) groups is 1. The fraction of sp³-hybridized carbons (Fsp3) is 0.294. The second-order valence-electron chi connectivity index (χ2n) is 9.86. The largest absolute Gasteiger partial charge is 0.374 e. The Morgan fingerprint density at radius 3 is 1.59 bits per heavy atom. The highest BCUT2D eigenvalue weighted by Crippen LogP contribution is 2.39. The van der Waals surface area contributed by atoms with E-state index in [1.54, 1.807) is 11.8 Å². The molecule has 1 saturated heterocycles. The lowest BCUT2D eigenvalue weighted by atomic mass is 9.93. The first-order valence-corrected chi connectivity index (χ1v) is 14.4. The Hall–Kier alpha value is -2.93. The summed E-state index contributed by atoms with van der Waals surface area (Å²) in [6.07, 6.45) is -0.739. The Morgan fingerprint density at radius 1 is 0.590 bits per heavy atom. The third kappa shape index (κ3) is 8.04. The molecule has 4 aromatic carbocycles. The molecule has 2 unspecified atom stereocenters. The SMILES string of the molecule is CC1[C@@H](Sc2ccccc2)OC(COCc2ccccc2)[C@@H](OCc2ccccc2)[C@@H]1OCc1ccccc1. The maximum Gasteiger partial charge on any atom is 0.113 e. The zero-order chi connectivity index (χ0) is 26.7. The normalized spacial score (nSPS) is 22.9. The van der Waals surface area contributed by atoms with Crippen LogP contribution in [0.15, 0.2) is 126 Å². The first-order valence-electron chi connectivity index (χ1n) is 13.6. The molecule has 4 aromatic rings. The fourth-order valence-corrected chi connectivity index (χ4v) is 5.94. The molecule has 5 heteroatoms. The standard InChI is InChI=1S/C34H36O4S/c1-26-32(36-23-28-16-8-3-9-17-28)33(37-24-29-18-10-4-11-19-29)31(25-35-22-27-14-6-2-7-15-27)38-34(26)39-30-20-12-5-13-21-30/h2-21,26,31-34H,22-25H2,1H3/t26?,31?,32-,33-,34-/m1/s1. The van der Waals surface area contributed by atoms with E-state index in [9.17, 15) is 0 Å². The van der Waals surface area contributed by atoms with Crippen molar-refractivity contribution in [2.24, 2.45) is 5.92 Å². The van der Waals surface area contributed by atoms with Crippen LogP contribution in [-0.2, 0) is 38.8 Å². The Kier molecular flexibility index (Phi) is 10.2. The number of hydrogen-bond acceptors (Lipinski definition) is 5. The molecule has 202 valence electrons. The van der Waals surface area contributed by atoms with Crippen LogP contribution in [0.5, 0.6) is 0 Å². The van der Waals surface area contributed by atoms with Gasteiger partial charge in [-0.2, -0.15) is 0 Å². The minimum absolute atomic E-state index is 0.0880. The Bertz CT molecular complexity index is 1220. The molecule has 0 spiro atoms. The van der Waals surface area contributed by atoms with Crippen molar-refractivity contribution in [2.75, 3.05) is 6.61 Å². The molecule has 0 aliphatic carbocycles. The van der Waals surface area contributed by atoms with E-state index in [2.05, 4.69) is 67.6 Å². The van der Waals surface area contributed by atoms with Gasteiger partial charge in [-0.15, -0.1) is 0 Å². The summed E-state index contributed by atoms with van der Waals surface area (Å²) < 4.78 is 26.3. The van der Waals surface area contributed by atoms with Gasteiger partial charge in [0.05, 0.1) is 32.5 Å². The van der Waals surface area contributed by atoms with E-state index in [0.29, 0.717) is 26.4 Å². The highest BCUT2D eigenvalue weighted by Gasteiger charge is 2.46. The van der Waals surface area contributed by atoms with Crippen molar-refractivity contribution in [1.29, 1.82) is 0 Å². The number of ether oxygens (including phenoxy) is 4. The highest BCUT2D eigenvalue weighted by molar-refractivity contribution is 7.99. The van der Waals surface area contributed by atoms with E-state index < -0.39 is 0 Å². The molecule has 0 saturated carbocycles. The lowest BCUT2D eigenvalue weighted by Crippen LogP contribution is -2.56. The van der Waals surface area contributed by atoms with Gasteiger partial charge in [0.25, 0.3) is 0 Å². The van der Waals surface area contributed by atoms with Gasteiger partial charge in [0.15, 0.2) is 0 Å². The minimum Gasteiger partial charge on any atom is -0.374 e. The van der Waals surface area contributed by atoms with Crippen LogP contribution in [0, 0.1) is 5.92 Å². The molecule has 1 aliphatic rings. The second-order valence-corrected chi connectivity index (χ2v) is 11.0. The van der Waals surface area contributed by atoms with Gasteiger partial charge in [-0.25, -0.2) is 0 Å². The van der Waals surface area contributed by atoms with Crippen molar-refractivity contribution in [3.8, 4) is 0 Å². The van der Waals surface area contributed by atoms with Crippen molar-refractivity contribution >= 4 is 11.8 Å². The maximum absolute atomic E-state index is 6.76. The molecule has 1 fully saturated rings. The van der Waals surface area contributed by atoms with Crippen LogP contribution in [0.3, 0.4) is 0 Å². The molecular formula is C34H36O4S. The van der Waals surface area contributed by atoms with E-state index in [-0.39, 0.29) is 29.7 Å². The molecule has 5 rings (SSSR count). The molecule has 5 atom stereocenters. The van der Waals surface area contributed by atoms with Crippen LogP contribution in [0.2, 0.25) is 0 Å².